The number of fused-ring (bicyclic) bond motifs is 4. The number of carbonyl (C=O) groups is 1. The van der Waals surface area contributed by atoms with Crippen molar-refractivity contribution in [2.75, 3.05) is 13.1 Å². The first kappa shape index (κ1) is 17.2. The summed E-state index contributed by atoms with van der Waals surface area (Å²) in [4.78, 5) is 23.0. The zero-order valence-electron chi connectivity index (χ0n) is 14.5. The maximum absolute atomic E-state index is 13.0. The summed E-state index contributed by atoms with van der Waals surface area (Å²) in [6.45, 7) is 0.930. The van der Waals surface area contributed by atoms with E-state index in [1.165, 1.54) is 16.8 Å². The molecule has 2 unspecified atom stereocenters. The zero-order chi connectivity index (χ0) is 18.3. The number of imidazole rings is 1. The average Bonchev–Trinajstić information content (AvgIpc) is 2.89. The molecule has 8 nitrogen and oxygen atoms in total. The summed E-state index contributed by atoms with van der Waals surface area (Å²) >= 11 is 0. The molecule has 1 amide bonds. The van der Waals surface area contributed by atoms with Crippen LogP contribution in [-0.2, 0) is 28.4 Å². The van der Waals surface area contributed by atoms with E-state index in [4.69, 9.17) is 0 Å². The van der Waals surface area contributed by atoms with Crippen LogP contribution in [0.2, 0.25) is 0 Å². The number of amides is 1. The molecule has 138 valence electrons. The van der Waals surface area contributed by atoms with E-state index < -0.39 is 10.0 Å². The van der Waals surface area contributed by atoms with Gasteiger partial charge in [0.05, 0.1) is 24.5 Å². The minimum atomic E-state index is -3.70. The number of aromatic nitrogens is 3. The lowest BCUT2D eigenvalue weighted by Gasteiger charge is -2.35. The molecule has 2 aromatic heterocycles. The normalized spacial score (nSPS) is 24.0. The highest BCUT2D eigenvalue weighted by molar-refractivity contribution is 7.89. The van der Waals surface area contributed by atoms with Crippen molar-refractivity contribution in [2.45, 2.75) is 30.5 Å². The number of sulfonamides is 1. The number of rotatable bonds is 4. The first-order valence-electron chi connectivity index (χ1n) is 8.63. The lowest BCUT2D eigenvalue weighted by Crippen LogP contribution is -2.47. The van der Waals surface area contributed by atoms with Crippen molar-refractivity contribution in [2.24, 2.45) is 13.0 Å². The third kappa shape index (κ3) is 3.01. The lowest BCUT2D eigenvalue weighted by molar-refractivity contribution is -0.140. The Kier molecular flexibility index (Phi) is 4.28. The van der Waals surface area contributed by atoms with Crippen molar-refractivity contribution >= 4 is 15.9 Å². The molecule has 0 spiro atoms. The summed E-state index contributed by atoms with van der Waals surface area (Å²) in [7, 11) is -1.97. The minimum Gasteiger partial charge on any atom is -0.339 e. The van der Waals surface area contributed by atoms with E-state index in [1.807, 2.05) is 18.2 Å². The molecule has 0 radical (unpaired) electrons. The van der Waals surface area contributed by atoms with Gasteiger partial charge in [0.1, 0.15) is 0 Å². The van der Waals surface area contributed by atoms with Crippen LogP contribution in [0.15, 0.2) is 41.9 Å². The van der Waals surface area contributed by atoms with Crippen LogP contribution in [-0.4, -0.2) is 57.2 Å². The number of pyridine rings is 1. The maximum atomic E-state index is 13.0. The van der Waals surface area contributed by atoms with Gasteiger partial charge in [0.2, 0.25) is 5.91 Å². The van der Waals surface area contributed by atoms with Crippen molar-refractivity contribution in [1.82, 2.24) is 23.7 Å². The van der Waals surface area contributed by atoms with Crippen LogP contribution in [0.4, 0.5) is 0 Å². The third-order valence-corrected chi connectivity index (χ3v) is 6.82. The second-order valence-electron chi connectivity index (χ2n) is 6.91. The molecule has 5 heterocycles. The van der Waals surface area contributed by atoms with Gasteiger partial charge in [-0.15, -0.1) is 0 Å². The molecule has 3 fully saturated rings. The van der Waals surface area contributed by atoms with E-state index >= 15 is 0 Å². The molecular formula is C17H21N5O3S. The summed E-state index contributed by atoms with van der Waals surface area (Å²) in [6.07, 6.45) is 6.19. The van der Waals surface area contributed by atoms with Gasteiger partial charge in [0.25, 0.3) is 10.0 Å². The van der Waals surface area contributed by atoms with Crippen LogP contribution in [0.5, 0.6) is 0 Å². The number of aryl methyl sites for hydroxylation is 1. The van der Waals surface area contributed by atoms with Crippen molar-refractivity contribution in [1.29, 1.82) is 0 Å². The van der Waals surface area contributed by atoms with Gasteiger partial charge in [-0.25, -0.2) is 13.4 Å². The second-order valence-corrected chi connectivity index (χ2v) is 8.80. The smallest absolute Gasteiger partial charge is 0.262 e. The largest absolute Gasteiger partial charge is 0.339 e. The highest BCUT2D eigenvalue weighted by Crippen LogP contribution is 2.32. The van der Waals surface area contributed by atoms with Gasteiger partial charge in [0, 0.05) is 38.6 Å². The first-order valence-corrected chi connectivity index (χ1v) is 10.1. The SMILES string of the molecule is Cn1cnc(S(=O)(=O)N2CC3CCC(C2)N(Cc2ccccn2)C3=O)c1. The summed E-state index contributed by atoms with van der Waals surface area (Å²) in [5, 5.41) is 0.0324. The molecule has 3 aliphatic heterocycles. The summed E-state index contributed by atoms with van der Waals surface area (Å²) in [5.41, 5.74) is 0.813. The molecule has 26 heavy (non-hydrogen) atoms. The van der Waals surface area contributed by atoms with Crippen molar-refractivity contribution in [3.05, 3.63) is 42.6 Å². The van der Waals surface area contributed by atoms with Gasteiger partial charge in [-0.05, 0) is 25.0 Å². The van der Waals surface area contributed by atoms with E-state index in [0.717, 1.165) is 18.5 Å². The molecule has 0 aliphatic carbocycles. The summed E-state index contributed by atoms with van der Waals surface area (Å²) < 4.78 is 28.9. The molecule has 0 aromatic carbocycles. The van der Waals surface area contributed by atoms with Gasteiger partial charge >= 0.3 is 0 Å². The quantitative estimate of drug-likeness (QED) is 0.782. The number of piperidine rings is 1. The van der Waals surface area contributed by atoms with E-state index in [9.17, 15) is 13.2 Å². The van der Waals surface area contributed by atoms with E-state index in [2.05, 4.69) is 9.97 Å². The number of carbonyl (C=O) groups excluding carboxylic acids is 1. The number of nitrogens with zero attached hydrogens (tertiary/aromatic N) is 5. The molecular weight excluding hydrogens is 354 g/mol. The Morgan fingerprint density at radius 3 is 2.73 bits per heavy atom. The molecule has 2 aromatic rings. The second kappa shape index (κ2) is 6.48. The Labute approximate surface area is 152 Å². The van der Waals surface area contributed by atoms with Gasteiger partial charge < -0.3 is 9.47 Å². The topological polar surface area (TPSA) is 88.4 Å². The van der Waals surface area contributed by atoms with Crippen molar-refractivity contribution in [3.8, 4) is 0 Å². The van der Waals surface area contributed by atoms with Crippen LogP contribution in [0.25, 0.3) is 0 Å². The van der Waals surface area contributed by atoms with Gasteiger partial charge in [-0.3, -0.25) is 9.78 Å². The first-order chi connectivity index (χ1) is 12.4. The fourth-order valence-corrected chi connectivity index (χ4v) is 5.21. The summed E-state index contributed by atoms with van der Waals surface area (Å²) in [6, 6.07) is 5.47. The Morgan fingerprint density at radius 1 is 1.19 bits per heavy atom. The molecule has 3 saturated heterocycles. The molecule has 9 heteroatoms. The fraction of sp³-hybridized carbons (Fsp3) is 0.471. The predicted molar refractivity (Wildman–Crippen MR) is 93.3 cm³/mol. The Balaban J connectivity index is 1.61. The maximum Gasteiger partial charge on any atom is 0.262 e. The van der Waals surface area contributed by atoms with Gasteiger partial charge in [-0.1, -0.05) is 6.07 Å². The fourth-order valence-electron chi connectivity index (χ4n) is 3.73. The van der Waals surface area contributed by atoms with E-state index in [-0.39, 0.29) is 29.4 Å². The van der Waals surface area contributed by atoms with Crippen LogP contribution >= 0.6 is 0 Å². The number of hydrogen-bond acceptors (Lipinski definition) is 5. The molecule has 3 aliphatic rings. The summed E-state index contributed by atoms with van der Waals surface area (Å²) in [5.74, 6) is -0.290. The van der Waals surface area contributed by atoms with Crippen molar-refractivity contribution < 1.29 is 13.2 Å². The van der Waals surface area contributed by atoms with Crippen LogP contribution in [0, 0.1) is 5.92 Å². The monoisotopic (exact) mass is 375 g/mol. The Morgan fingerprint density at radius 2 is 2.04 bits per heavy atom. The standard InChI is InChI=1S/C17H21N5O3S/c1-20-11-16(19-12-20)26(24,25)21-8-13-5-6-15(10-21)22(17(13)23)9-14-4-2-3-7-18-14/h2-4,7,11-13,15H,5-6,8-10H2,1H3. The average molecular weight is 375 g/mol. The van der Waals surface area contributed by atoms with Crippen molar-refractivity contribution in [3.63, 3.8) is 0 Å². The third-order valence-electron chi connectivity index (χ3n) is 5.10. The highest BCUT2D eigenvalue weighted by Gasteiger charge is 2.44. The zero-order valence-corrected chi connectivity index (χ0v) is 15.3. The minimum absolute atomic E-state index is 0.0191. The van der Waals surface area contributed by atoms with Gasteiger partial charge in [0.15, 0.2) is 5.03 Å². The van der Waals surface area contributed by atoms with E-state index in [1.54, 1.807) is 22.7 Å². The van der Waals surface area contributed by atoms with Gasteiger partial charge in [-0.2, -0.15) is 4.31 Å². The highest BCUT2D eigenvalue weighted by atomic mass is 32.2. The van der Waals surface area contributed by atoms with Crippen LogP contribution in [0.3, 0.4) is 0 Å². The molecule has 2 atom stereocenters. The molecule has 0 saturated carbocycles. The molecule has 2 bridgehead atoms. The Bertz CT molecular complexity index is 911. The number of hydrogen-bond donors (Lipinski definition) is 0. The van der Waals surface area contributed by atoms with Crippen LogP contribution in [0.1, 0.15) is 18.5 Å². The Hall–Kier alpha value is -2.26. The van der Waals surface area contributed by atoms with Crippen LogP contribution < -0.4 is 0 Å². The van der Waals surface area contributed by atoms with E-state index in [0.29, 0.717) is 13.1 Å². The molecule has 5 rings (SSSR count). The lowest BCUT2D eigenvalue weighted by atomic mass is 9.94. The predicted octanol–water partition coefficient (Wildman–Crippen LogP) is 0.627. The molecule has 0 N–H and O–H groups in total.